The summed E-state index contributed by atoms with van der Waals surface area (Å²) in [5.41, 5.74) is 1.50. The lowest BCUT2D eigenvalue weighted by atomic mass is 9.99. The fourth-order valence-corrected chi connectivity index (χ4v) is 3.30. The van der Waals surface area contributed by atoms with E-state index in [9.17, 15) is 4.79 Å². The molecule has 0 saturated heterocycles. The third-order valence-electron chi connectivity index (χ3n) is 4.81. The van der Waals surface area contributed by atoms with Crippen molar-refractivity contribution < 1.29 is 14.3 Å². The van der Waals surface area contributed by atoms with Crippen molar-refractivity contribution in [2.45, 2.75) is 90.4 Å². The summed E-state index contributed by atoms with van der Waals surface area (Å²) in [4.78, 5) is 12.4. The molecule has 0 fully saturated rings. The van der Waals surface area contributed by atoms with Gasteiger partial charge >= 0.3 is 0 Å². The van der Waals surface area contributed by atoms with Gasteiger partial charge in [0, 0.05) is 19.2 Å². The van der Waals surface area contributed by atoms with Crippen molar-refractivity contribution in [3.8, 4) is 0 Å². The van der Waals surface area contributed by atoms with E-state index in [1.54, 1.807) is 0 Å². The van der Waals surface area contributed by atoms with Gasteiger partial charge in [-0.25, -0.2) is 0 Å². The van der Waals surface area contributed by atoms with Crippen molar-refractivity contribution in [1.29, 1.82) is 0 Å². The molecule has 1 aliphatic carbocycles. The molecular formula is C20H36N4O3. The van der Waals surface area contributed by atoms with E-state index < -0.39 is 0 Å². The Hall–Kier alpha value is -1.47. The molecule has 0 spiro atoms. The number of hydrogen-bond donors (Lipinski definition) is 1. The summed E-state index contributed by atoms with van der Waals surface area (Å²) >= 11 is 0. The number of ether oxygens (including phenoxy) is 2. The van der Waals surface area contributed by atoms with Gasteiger partial charge in [-0.05, 0) is 60.3 Å². The van der Waals surface area contributed by atoms with Crippen LogP contribution in [-0.2, 0) is 27.7 Å². The highest BCUT2D eigenvalue weighted by Crippen LogP contribution is 2.28. The maximum absolute atomic E-state index is 12.4. The molecule has 27 heavy (non-hydrogen) atoms. The highest BCUT2D eigenvalue weighted by atomic mass is 16.5. The molecule has 1 aromatic heterocycles. The first-order valence-electron chi connectivity index (χ1n) is 10.0. The Kier molecular flexibility index (Phi) is 7.40. The van der Waals surface area contributed by atoms with Gasteiger partial charge in [-0.3, -0.25) is 9.48 Å². The molecule has 7 heteroatoms. The molecule has 1 N–H and O–H groups in total. The normalized spacial score (nSPS) is 18.5. The van der Waals surface area contributed by atoms with Crippen LogP contribution in [0, 0.1) is 0 Å². The monoisotopic (exact) mass is 380 g/mol. The van der Waals surface area contributed by atoms with Gasteiger partial charge in [0.1, 0.15) is 18.4 Å². The molecule has 1 amide bonds. The van der Waals surface area contributed by atoms with E-state index >= 15 is 0 Å². The number of aryl methyl sites for hydroxylation is 1. The number of hydrogen-bond acceptors (Lipinski definition) is 5. The minimum atomic E-state index is -0.343. The van der Waals surface area contributed by atoms with Crippen molar-refractivity contribution in [2.24, 2.45) is 7.05 Å². The number of amides is 1. The van der Waals surface area contributed by atoms with Crippen molar-refractivity contribution in [3.63, 3.8) is 0 Å². The van der Waals surface area contributed by atoms with E-state index in [4.69, 9.17) is 9.47 Å². The van der Waals surface area contributed by atoms with Crippen LogP contribution in [-0.4, -0.2) is 45.3 Å². The Morgan fingerprint density at radius 3 is 2.67 bits per heavy atom. The zero-order chi connectivity index (χ0) is 20.1. The van der Waals surface area contributed by atoms with E-state index in [2.05, 4.69) is 15.6 Å². The van der Waals surface area contributed by atoms with Crippen LogP contribution in [0.1, 0.15) is 84.2 Å². The van der Waals surface area contributed by atoms with Gasteiger partial charge in [0.2, 0.25) is 5.91 Å². The smallest absolute Gasteiger partial charge is 0.246 e. The number of carbonyl (C=O) groups is 1. The first-order valence-corrected chi connectivity index (χ1v) is 10.0. The first kappa shape index (κ1) is 21.8. The zero-order valence-corrected chi connectivity index (χ0v) is 17.8. The molecule has 1 atom stereocenters. The molecule has 1 aromatic rings. The molecule has 0 aromatic carbocycles. The maximum Gasteiger partial charge on any atom is 0.246 e. The Bertz CT molecular complexity index is 619. The predicted molar refractivity (Wildman–Crippen MR) is 104 cm³/mol. The summed E-state index contributed by atoms with van der Waals surface area (Å²) in [5, 5.41) is 11.5. The van der Waals surface area contributed by atoms with Gasteiger partial charge in [-0.2, -0.15) is 0 Å². The highest BCUT2D eigenvalue weighted by molar-refractivity contribution is 5.78. The van der Waals surface area contributed by atoms with Crippen LogP contribution >= 0.6 is 0 Å². The number of fused-ring (bicyclic) bond motifs is 1. The van der Waals surface area contributed by atoms with Gasteiger partial charge in [0.25, 0.3) is 0 Å². The Balaban J connectivity index is 1.85. The Morgan fingerprint density at radius 2 is 1.96 bits per heavy atom. The van der Waals surface area contributed by atoms with Crippen LogP contribution in [0.5, 0.6) is 0 Å². The quantitative estimate of drug-likeness (QED) is 0.786. The van der Waals surface area contributed by atoms with Crippen molar-refractivity contribution in [2.75, 3.05) is 13.2 Å². The molecule has 0 saturated carbocycles. The van der Waals surface area contributed by atoms with Crippen LogP contribution < -0.4 is 5.32 Å². The number of rotatable bonds is 7. The molecule has 1 unspecified atom stereocenters. The summed E-state index contributed by atoms with van der Waals surface area (Å²) in [6, 6.07) is 0. The molecule has 1 heterocycles. The van der Waals surface area contributed by atoms with Gasteiger partial charge in [-0.1, -0.05) is 18.1 Å². The second-order valence-corrected chi connectivity index (χ2v) is 9.09. The lowest BCUT2D eigenvalue weighted by molar-refractivity contribution is -0.130. The number of nitrogens with one attached hydrogen (secondary N) is 1. The van der Waals surface area contributed by atoms with Crippen LogP contribution in [0.25, 0.3) is 0 Å². The summed E-state index contributed by atoms with van der Waals surface area (Å²) in [7, 11) is 1.92. The molecule has 0 bridgehead atoms. The summed E-state index contributed by atoms with van der Waals surface area (Å²) < 4.78 is 13.6. The van der Waals surface area contributed by atoms with Crippen molar-refractivity contribution in [3.05, 3.63) is 11.4 Å². The third-order valence-corrected chi connectivity index (χ3v) is 4.81. The number of carbonyl (C=O) groups excluding carboxylic acids is 1. The maximum atomic E-state index is 12.4. The average Bonchev–Trinajstić information content (AvgIpc) is 2.85. The summed E-state index contributed by atoms with van der Waals surface area (Å²) in [5.74, 6) is -0.108. The van der Waals surface area contributed by atoms with Gasteiger partial charge in [0.15, 0.2) is 0 Å². The number of aromatic nitrogens is 3. The van der Waals surface area contributed by atoms with Gasteiger partial charge in [0.05, 0.1) is 11.3 Å². The van der Waals surface area contributed by atoms with Crippen LogP contribution in [0.4, 0.5) is 0 Å². The number of nitrogens with zero attached hydrogens (tertiary/aromatic N) is 3. The van der Waals surface area contributed by atoms with Crippen molar-refractivity contribution >= 4 is 5.91 Å². The van der Waals surface area contributed by atoms with Gasteiger partial charge < -0.3 is 14.8 Å². The van der Waals surface area contributed by atoms with E-state index in [1.807, 2.05) is 46.3 Å². The molecule has 154 valence electrons. The standard InChI is InChI=1S/C20H36N4O3/c1-19(2,3)27-13-12-20(4,5)21-17(25)14-26-16-11-9-7-8-10-15-18(16)22-23-24(15)6/h16H,7-14H2,1-6H3,(H,21,25). The fraction of sp³-hybridized carbons (Fsp3) is 0.850. The lowest BCUT2D eigenvalue weighted by Crippen LogP contribution is -2.46. The zero-order valence-electron chi connectivity index (χ0n) is 17.8. The SMILES string of the molecule is Cn1nnc2c1CCCCCC2OCC(=O)NC(C)(C)CCOC(C)(C)C. The Morgan fingerprint density at radius 1 is 1.22 bits per heavy atom. The van der Waals surface area contributed by atoms with Crippen LogP contribution in [0.15, 0.2) is 0 Å². The molecular weight excluding hydrogens is 344 g/mol. The van der Waals surface area contributed by atoms with E-state index in [-0.39, 0.29) is 29.8 Å². The molecule has 7 nitrogen and oxygen atoms in total. The third kappa shape index (κ3) is 7.22. The lowest BCUT2D eigenvalue weighted by Gasteiger charge is -2.29. The second-order valence-electron chi connectivity index (χ2n) is 9.09. The minimum absolute atomic E-state index is 0.0320. The Labute approximate surface area is 163 Å². The van der Waals surface area contributed by atoms with Crippen molar-refractivity contribution in [1.82, 2.24) is 20.3 Å². The largest absolute Gasteiger partial charge is 0.376 e. The molecule has 2 rings (SSSR count). The first-order chi connectivity index (χ1) is 12.6. The van der Waals surface area contributed by atoms with E-state index in [0.717, 1.165) is 49.9 Å². The minimum Gasteiger partial charge on any atom is -0.376 e. The summed E-state index contributed by atoms with van der Waals surface area (Å²) in [6.07, 6.45) is 5.81. The topological polar surface area (TPSA) is 78.3 Å². The molecule has 1 aliphatic rings. The second kappa shape index (κ2) is 9.15. The predicted octanol–water partition coefficient (Wildman–Crippen LogP) is 3.09. The van der Waals surface area contributed by atoms with E-state index in [1.165, 1.54) is 0 Å². The van der Waals surface area contributed by atoms with E-state index in [0.29, 0.717) is 6.61 Å². The highest BCUT2D eigenvalue weighted by Gasteiger charge is 2.26. The average molecular weight is 381 g/mol. The van der Waals surface area contributed by atoms with Crippen LogP contribution in [0.3, 0.4) is 0 Å². The van der Waals surface area contributed by atoms with Gasteiger partial charge in [-0.15, -0.1) is 5.10 Å². The molecule has 0 radical (unpaired) electrons. The van der Waals surface area contributed by atoms with Crippen LogP contribution in [0.2, 0.25) is 0 Å². The fourth-order valence-electron chi connectivity index (χ4n) is 3.30. The summed E-state index contributed by atoms with van der Waals surface area (Å²) in [6.45, 7) is 10.7. The molecule has 0 aliphatic heterocycles.